The molecule has 0 aromatic heterocycles. The summed E-state index contributed by atoms with van der Waals surface area (Å²) in [5.74, 6) is -0.564. The molecule has 4 nitrogen and oxygen atoms in total. The first-order valence-corrected chi connectivity index (χ1v) is 7.80. The Kier molecular flexibility index (Phi) is 3.75. The molecule has 1 N–H and O–H groups in total. The van der Waals surface area contributed by atoms with Crippen LogP contribution >= 0.6 is 0 Å². The van der Waals surface area contributed by atoms with E-state index in [1.807, 2.05) is 12.1 Å². The standard InChI is InChI=1S/C14H17NO3S/c1-10(2)19(17,18)15-14(16)13-8-7-11-5-3-4-6-12(11)9-13/h3,5,7-10H,4,6H2,1-2H3,(H,15,16). The molecule has 1 aromatic rings. The number of amides is 1. The molecule has 0 fully saturated rings. The van der Waals surface area contributed by atoms with E-state index < -0.39 is 21.2 Å². The highest BCUT2D eigenvalue weighted by atomic mass is 32.2. The number of hydrogen-bond donors (Lipinski definition) is 1. The maximum atomic E-state index is 11.9. The predicted molar refractivity (Wildman–Crippen MR) is 75.3 cm³/mol. The number of allylic oxidation sites excluding steroid dienone is 1. The minimum absolute atomic E-state index is 0.387. The van der Waals surface area contributed by atoms with Gasteiger partial charge in [-0.15, -0.1) is 0 Å². The van der Waals surface area contributed by atoms with Crippen LogP contribution in [0.15, 0.2) is 24.3 Å². The van der Waals surface area contributed by atoms with E-state index in [0.29, 0.717) is 5.56 Å². The Balaban J connectivity index is 2.24. The van der Waals surface area contributed by atoms with E-state index in [1.54, 1.807) is 12.1 Å². The van der Waals surface area contributed by atoms with Gasteiger partial charge in [0.1, 0.15) is 0 Å². The van der Waals surface area contributed by atoms with E-state index in [2.05, 4.69) is 10.8 Å². The molecular formula is C14H17NO3S. The molecule has 5 heteroatoms. The maximum Gasteiger partial charge on any atom is 0.264 e. The van der Waals surface area contributed by atoms with Gasteiger partial charge in [0.2, 0.25) is 10.0 Å². The van der Waals surface area contributed by atoms with Crippen molar-refractivity contribution in [1.82, 2.24) is 4.72 Å². The number of benzene rings is 1. The van der Waals surface area contributed by atoms with Crippen LogP contribution in [0.5, 0.6) is 0 Å². The molecule has 0 radical (unpaired) electrons. The van der Waals surface area contributed by atoms with Gasteiger partial charge in [-0.1, -0.05) is 18.2 Å². The number of sulfonamides is 1. The summed E-state index contributed by atoms with van der Waals surface area (Å²) >= 11 is 0. The summed E-state index contributed by atoms with van der Waals surface area (Å²) in [5.41, 5.74) is 2.56. The van der Waals surface area contributed by atoms with Gasteiger partial charge >= 0.3 is 0 Å². The van der Waals surface area contributed by atoms with Gasteiger partial charge in [0.25, 0.3) is 5.91 Å². The van der Waals surface area contributed by atoms with Crippen LogP contribution in [-0.4, -0.2) is 19.6 Å². The molecule has 1 aliphatic rings. The summed E-state index contributed by atoms with van der Waals surface area (Å²) in [6.45, 7) is 3.07. The lowest BCUT2D eigenvalue weighted by Crippen LogP contribution is -2.35. The van der Waals surface area contributed by atoms with E-state index in [9.17, 15) is 13.2 Å². The highest BCUT2D eigenvalue weighted by Crippen LogP contribution is 2.20. The van der Waals surface area contributed by atoms with Gasteiger partial charge in [-0.2, -0.15) is 0 Å². The van der Waals surface area contributed by atoms with Crippen molar-refractivity contribution in [3.63, 3.8) is 0 Å². The number of hydrogen-bond acceptors (Lipinski definition) is 3. The number of carbonyl (C=O) groups is 1. The van der Waals surface area contributed by atoms with Gasteiger partial charge < -0.3 is 0 Å². The predicted octanol–water partition coefficient (Wildman–Crippen LogP) is 2.11. The molecule has 0 saturated carbocycles. The Labute approximate surface area is 113 Å². The third kappa shape index (κ3) is 3.04. The fourth-order valence-corrected chi connectivity index (χ4v) is 2.49. The van der Waals surface area contributed by atoms with Crippen molar-refractivity contribution in [3.05, 3.63) is 41.0 Å². The Morgan fingerprint density at radius 2 is 2.05 bits per heavy atom. The molecule has 0 unspecified atom stereocenters. The molecule has 0 aliphatic heterocycles. The van der Waals surface area contributed by atoms with Crippen molar-refractivity contribution < 1.29 is 13.2 Å². The highest BCUT2D eigenvalue weighted by molar-refractivity contribution is 7.90. The summed E-state index contributed by atoms with van der Waals surface area (Å²) in [7, 11) is -3.58. The molecule has 19 heavy (non-hydrogen) atoms. The zero-order valence-corrected chi connectivity index (χ0v) is 11.8. The third-order valence-corrected chi connectivity index (χ3v) is 4.85. The lowest BCUT2D eigenvalue weighted by Gasteiger charge is -2.13. The lowest BCUT2D eigenvalue weighted by atomic mass is 9.95. The topological polar surface area (TPSA) is 63.2 Å². The molecule has 0 saturated heterocycles. The summed E-state index contributed by atoms with van der Waals surface area (Å²) in [6.07, 6.45) is 5.93. The van der Waals surface area contributed by atoms with Crippen LogP contribution in [-0.2, 0) is 16.4 Å². The molecule has 1 aromatic carbocycles. The number of rotatable bonds is 3. The van der Waals surface area contributed by atoms with Gasteiger partial charge in [0.15, 0.2) is 0 Å². The molecule has 0 bridgehead atoms. The van der Waals surface area contributed by atoms with Crippen molar-refractivity contribution in [2.45, 2.75) is 31.9 Å². The summed E-state index contributed by atoms with van der Waals surface area (Å²) in [5, 5.41) is -0.628. The lowest BCUT2D eigenvalue weighted by molar-refractivity contribution is 0.0981. The van der Waals surface area contributed by atoms with Crippen molar-refractivity contribution in [1.29, 1.82) is 0 Å². The second kappa shape index (κ2) is 5.17. The Bertz CT molecular complexity index is 630. The van der Waals surface area contributed by atoms with Gasteiger partial charge in [-0.05, 0) is 49.9 Å². The van der Waals surface area contributed by atoms with E-state index in [1.165, 1.54) is 13.8 Å². The molecule has 102 valence electrons. The fourth-order valence-electron chi connectivity index (χ4n) is 1.88. The largest absolute Gasteiger partial charge is 0.268 e. The Morgan fingerprint density at radius 3 is 2.74 bits per heavy atom. The van der Waals surface area contributed by atoms with Gasteiger partial charge in [0, 0.05) is 5.56 Å². The van der Waals surface area contributed by atoms with E-state index in [0.717, 1.165) is 24.0 Å². The number of nitrogens with one attached hydrogen (secondary N) is 1. The quantitative estimate of drug-likeness (QED) is 0.921. The molecule has 0 heterocycles. The number of aryl methyl sites for hydroxylation is 1. The van der Waals surface area contributed by atoms with Crippen LogP contribution in [0.3, 0.4) is 0 Å². The number of fused-ring (bicyclic) bond motifs is 1. The van der Waals surface area contributed by atoms with Crippen molar-refractivity contribution in [2.75, 3.05) is 0 Å². The van der Waals surface area contributed by atoms with E-state index in [-0.39, 0.29) is 0 Å². The third-order valence-electron chi connectivity index (χ3n) is 3.14. The maximum absolute atomic E-state index is 11.9. The normalized spacial score (nSPS) is 14.3. The monoisotopic (exact) mass is 279 g/mol. The van der Waals surface area contributed by atoms with Gasteiger partial charge in [0.05, 0.1) is 5.25 Å². The Hall–Kier alpha value is -1.62. The SMILES string of the molecule is CC(C)S(=O)(=O)NC(=O)c1ccc2c(c1)CCC=C2. The van der Waals surface area contributed by atoms with Gasteiger partial charge in [-0.3, -0.25) is 4.79 Å². The van der Waals surface area contributed by atoms with Crippen LogP contribution < -0.4 is 4.72 Å². The summed E-state index contributed by atoms with van der Waals surface area (Å²) in [4.78, 5) is 11.9. The van der Waals surface area contributed by atoms with E-state index >= 15 is 0 Å². The minimum Gasteiger partial charge on any atom is -0.268 e. The van der Waals surface area contributed by atoms with E-state index in [4.69, 9.17) is 0 Å². The highest BCUT2D eigenvalue weighted by Gasteiger charge is 2.20. The van der Waals surface area contributed by atoms with Crippen molar-refractivity contribution in [2.24, 2.45) is 0 Å². The molecule has 1 aliphatic carbocycles. The van der Waals surface area contributed by atoms with Crippen LogP contribution in [0.1, 0.15) is 41.8 Å². The molecule has 2 rings (SSSR count). The van der Waals surface area contributed by atoms with Crippen molar-refractivity contribution in [3.8, 4) is 0 Å². The zero-order valence-electron chi connectivity index (χ0n) is 11.0. The van der Waals surface area contributed by atoms with Crippen molar-refractivity contribution >= 4 is 22.0 Å². The average Bonchev–Trinajstić information content (AvgIpc) is 2.37. The second-order valence-electron chi connectivity index (χ2n) is 4.88. The molecular weight excluding hydrogens is 262 g/mol. The smallest absolute Gasteiger partial charge is 0.264 e. The first-order valence-electron chi connectivity index (χ1n) is 6.25. The molecule has 0 atom stereocenters. The van der Waals surface area contributed by atoms with Crippen LogP contribution in [0, 0.1) is 0 Å². The first-order chi connectivity index (χ1) is 8.90. The fraction of sp³-hybridized carbons (Fsp3) is 0.357. The van der Waals surface area contributed by atoms with Crippen LogP contribution in [0.25, 0.3) is 6.08 Å². The second-order valence-corrected chi connectivity index (χ2v) is 7.12. The van der Waals surface area contributed by atoms with Gasteiger partial charge in [-0.25, -0.2) is 13.1 Å². The van der Waals surface area contributed by atoms with Crippen LogP contribution in [0.4, 0.5) is 0 Å². The average molecular weight is 279 g/mol. The Morgan fingerprint density at radius 1 is 1.32 bits per heavy atom. The zero-order chi connectivity index (χ0) is 14.0. The minimum atomic E-state index is -3.58. The van der Waals surface area contributed by atoms with Crippen LogP contribution in [0.2, 0.25) is 0 Å². The summed E-state index contributed by atoms with van der Waals surface area (Å²) < 4.78 is 25.4. The first kappa shape index (κ1) is 13.8. The molecule has 1 amide bonds. The number of carbonyl (C=O) groups excluding carboxylic acids is 1. The summed E-state index contributed by atoms with van der Waals surface area (Å²) in [6, 6.07) is 5.27. The molecule has 0 spiro atoms.